The summed E-state index contributed by atoms with van der Waals surface area (Å²) < 4.78 is 0. The number of carbonyl (C=O) groups excluding carboxylic acids is 2. The van der Waals surface area contributed by atoms with Crippen LogP contribution in [0.3, 0.4) is 0 Å². The molecule has 3 atom stereocenters. The third-order valence-corrected chi connectivity index (χ3v) is 7.67. The van der Waals surface area contributed by atoms with Gasteiger partial charge in [-0.05, 0) is 55.4 Å². The normalized spacial score (nSPS) is 22.6. The molecule has 1 aromatic carbocycles. The zero-order chi connectivity index (χ0) is 25.9. The first-order chi connectivity index (χ1) is 17.1. The molecule has 1 saturated carbocycles. The van der Waals surface area contributed by atoms with Crippen molar-refractivity contribution < 1.29 is 14.7 Å². The number of rotatable bonds is 6. The summed E-state index contributed by atoms with van der Waals surface area (Å²) in [4.78, 5) is 34.2. The van der Waals surface area contributed by atoms with Crippen molar-refractivity contribution in [2.75, 3.05) is 11.4 Å². The summed E-state index contributed by atoms with van der Waals surface area (Å²) >= 11 is 0. The number of aromatic nitrogens is 1. The largest absolute Gasteiger partial charge is 0.392 e. The molecule has 2 heterocycles. The van der Waals surface area contributed by atoms with Crippen molar-refractivity contribution in [2.24, 2.45) is 0 Å². The van der Waals surface area contributed by atoms with Gasteiger partial charge in [-0.25, -0.2) is 0 Å². The van der Waals surface area contributed by atoms with E-state index in [-0.39, 0.29) is 23.3 Å². The monoisotopic (exact) mass is 492 g/mol. The molecule has 1 aliphatic carbocycles. The van der Waals surface area contributed by atoms with E-state index in [0.717, 1.165) is 31.2 Å². The van der Waals surface area contributed by atoms with Crippen LogP contribution in [0.5, 0.6) is 0 Å². The van der Waals surface area contributed by atoms with Crippen LogP contribution in [-0.2, 0) is 20.5 Å². The zero-order valence-electron chi connectivity index (χ0n) is 22.0. The van der Waals surface area contributed by atoms with Gasteiger partial charge in [0.15, 0.2) is 5.54 Å². The van der Waals surface area contributed by atoms with E-state index in [2.05, 4.69) is 36.4 Å². The summed E-state index contributed by atoms with van der Waals surface area (Å²) in [6, 6.07) is 11.1. The van der Waals surface area contributed by atoms with E-state index in [0.29, 0.717) is 24.2 Å². The molecule has 7 heteroatoms. The van der Waals surface area contributed by atoms with Crippen molar-refractivity contribution in [1.29, 1.82) is 0 Å². The van der Waals surface area contributed by atoms with Crippen LogP contribution in [0.1, 0.15) is 77.3 Å². The molecule has 4 rings (SSSR count). The van der Waals surface area contributed by atoms with Crippen LogP contribution in [0.2, 0.25) is 0 Å². The lowest BCUT2D eigenvalue weighted by Gasteiger charge is -2.42. The lowest BCUT2D eigenvalue weighted by atomic mass is 9.85. The lowest BCUT2D eigenvalue weighted by molar-refractivity contribution is -0.131. The molecule has 3 unspecified atom stereocenters. The summed E-state index contributed by atoms with van der Waals surface area (Å²) in [6.07, 6.45) is 8.31. The fourth-order valence-electron chi connectivity index (χ4n) is 5.36. The standard InChI is InChI=1S/C29H40N4O3/c1-28(2,3)20-12-14-23(15-13-20)33(26(35)25-17-24(34)19-31-25)29(4,21-9-8-16-30-18-21)27(36)32-22-10-6-5-7-11-22/h8-9,12-16,18,22,24-25,31,34H,5-7,10-11,17,19H2,1-4H3,(H,32,36). The summed E-state index contributed by atoms with van der Waals surface area (Å²) in [5.74, 6) is -0.450. The van der Waals surface area contributed by atoms with Gasteiger partial charge in [0.05, 0.1) is 12.1 Å². The molecular formula is C29H40N4O3. The van der Waals surface area contributed by atoms with Crippen LogP contribution in [-0.4, -0.2) is 46.6 Å². The second-order valence-electron chi connectivity index (χ2n) is 11.4. The molecular weight excluding hydrogens is 452 g/mol. The van der Waals surface area contributed by atoms with Gasteiger partial charge >= 0.3 is 0 Å². The topological polar surface area (TPSA) is 94.6 Å². The van der Waals surface area contributed by atoms with Gasteiger partial charge in [0, 0.05) is 36.2 Å². The Balaban J connectivity index is 1.80. The van der Waals surface area contributed by atoms with Gasteiger partial charge in [-0.15, -0.1) is 0 Å². The summed E-state index contributed by atoms with van der Waals surface area (Å²) in [5, 5.41) is 16.6. The van der Waals surface area contributed by atoms with Gasteiger partial charge < -0.3 is 15.7 Å². The molecule has 3 N–H and O–H groups in total. The molecule has 0 bridgehead atoms. The highest BCUT2D eigenvalue weighted by Crippen LogP contribution is 2.36. The van der Waals surface area contributed by atoms with Crippen molar-refractivity contribution in [3.8, 4) is 0 Å². The van der Waals surface area contributed by atoms with Gasteiger partial charge in [0.25, 0.3) is 5.91 Å². The number of hydrogen-bond acceptors (Lipinski definition) is 5. The van der Waals surface area contributed by atoms with E-state index >= 15 is 0 Å². The maximum Gasteiger partial charge on any atom is 0.251 e. The van der Waals surface area contributed by atoms with Gasteiger partial charge in [0.2, 0.25) is 5.91 Å². The maximum atomic E-state index is 14.2. The van der Waals surface area contributed by atoms with Crippen LogP contribution in [0.25, 0.3) is 0 Å². The third kappa shape index (κ3) is 5.47. The summed E-state index contributed by atoms with van der Waals surface area (Å²) in [5.41, 5.74) is 1.05. The Bertz CT molecular complexity index is 1040. The molecule has 36 heavy (non-hydrogen) atoms. The van der Waals surface area contributed by atoms with E-state index in [4.69, 9.17) is 0 Å². The Hall–Kier alpha value is -2.77. The molecule has 2 aliphatic rings. The first-order valence-corrected chi connectivity index (χ1v) is 13.2. The summed E-state index contributed by atoms with van der Waals surface area (Å²) in [6.45, 7) is 8.60. The average molecular weight is 493 g/mol. The number of aliphatic hydroxyl groups is 1. The molecule has 1 saturated heterocycles. The van der Waals surface area contributed by atoms with Crippen molar-refractivity contribution in [3.63, 3.8) is 0 Å². The van der Waals surface area contributed by atoms with Crippen LogP contribution in [0.4, 0.5) is 5.69 Å². The number of hydrogen-bond donors (Lipinski definition) is 3. The maximum absolute atomic E-state index is 14.2. The molecule has 2 aromatic rings. The number of anilines is 1. The van der Waals surface area contributed by atoms with Crippen LogP contribution >= 0.6 is 0 Å². The second-order valence-corrected chi connectivity index (χ2v) is 11.4. The van der Waals surface area contributed by atoms with Crippen LogP contribution in [0.15, 0.2) is 48.8 Å². The van der Waals surface area contributed by atoms with E-state index < -0.39 is 17.7 Å². The van der Waals surface area contributed by atoms with Crippen molar-refractivity contribution in [2.45, 2.75) is 95.4 Å². The van der Waals surface area contributed by atoms with E-state index in [1.807, 2.05) is 37.3 Å². The minimum absolute atomic E-state index is 0.0461. The number of amides is 2. The van der Waals surface area contributed by atoms with E-state index in [1.54, 1.807) is 23.4 Å². The quantitative estimate of drug-likeness (QED) is 0.570. The Morgan fingerprint density at radius 3 is 2.28 bits per heavy atom. The molecule has 0 radical (unpaired) electrons. The Labute approximate surface area is 214 Å². The fraction of sp³-hybridized carbons (Fsp3) is 0.552. The van der Waals surface area contributed by atoms with Crippen LogP contribution in [0, 0.1) is 0 Å². The summed E-state index contributed by atoms with van der Waals surface area (Å²) in [7, 11) is 0. The molecule has 194 valence electrons. The number of benzene rings is 1. The highest BCUT2D eigenvalue weighted by molar-refractivity contribution is 6.06. The smallest absolute Gasteiger partial charge is 0.251 e. The Morgan fingerprint density at radius 1 is 1.03 bits per heavy atom. The molecule has 0 spiro atoms. The van der Waals surface area contributed by atoms with Gasteiger partial charge in [-0.1, -0.05) is 58.2 Å². The van der Waals surface area contributed by atoms with Crippen molar-refractivity contribution in [1.82, 2.24) is 15.6 Å². The van der Waals surface area contributed by atoms with Gasteiger partial charge in [0.1, 0.15) is 0 Å². The average Bonchev–Trinajstić information content (AvgIpc) is 3.31. The van der Waals surface area contributed by atoms with Gasteiger partial charge in [-0.2, -0.15) is 0 Å². The molecule has 2 amide bonds. The molecule has 2 fully saturated rings. The number of nitrogens with zero attached hydrogens (tertiary/aromatic N) is 2. The van der Waals surface area contributed by atoms with Gasteiger partial charge in [-0.3, -0.25) is 19.5 Å². The molecule has 1 aromatic heterocycles. The predicted octanol–water partition coefficient (Wildman–Crippen LogP) is 3.80. The van der Waals surface area contributed by atoms with Crippen molar-refractivity contribution in [3.05, 3.63) is 59.9 Å². The Morgan fingerprint density at radius 2 is 1.72 bits per heavy atom. The molecule has 1 aliphatic heterocycles. The number of β-amino-alcohol motifs (C(OH)–C–C–N with tert-alkyl or cyclic N) is 1. The number of carbonyl (C=O) groups is 2. The first-order valence-electron chi connectivity index (χ1n) is 13.2. The van der Waals surface area contributed by atoms with Crippen LogP contribution < -0.4 is 15.5 Å². The Kier molecular flexibility index (Phi) is 7.81. The second kappa shape index (κ2) is 10.7. The third-order valence-electron chi connectivity index (χ3n) is 7.67. The lowest BCUT2D eigenvalue weighted by Crippen LogP contribution is -2.61. The first kappa shape index (κ1) is 26.3. The van der Waals surface area contributed by atoms with E-state index in [9.17, 15) is 14.7 Å². The number of pyridine rings is 1. The minimum atomic E-state index is -1.33. The molecule has 7 nitrogen and oxygen atoms in total. The predicted molar refractivity (Wildman–Crippen MR) is 142 cm³/mol. The van der Waals surface area contributed by atoms with Crippen molar-refractivity contribution >= 4 is 17.5 Å². The highest BCUT2D eigenvalue weighted by Gasteiger charge is 2.48. The number of aliphatic hydroxyl groups excluding tert-OH is 1. The highest BCUT2D eigenvalue weighted by atomic mass is 16.3. The number of nitrogens with one attached hydrogen (secondary N) is 2. The van der Waals surface area contributed by atoms with E-state index in [1.165, 1.54) is 6.42 Å². The SMILES string of the molecule is CC(C)(C)c1ccc(N(C(=O)C2CC(O)CN2)C(C)(C(=O)NC2CCCCC2)c2cccnc2)cc1. The minimum Gasteiger partial charge on any atom is -0.392 e. The fourth-order valence-corrected chi connectivity index (χ4v) is 5.36. The zero-order valence-corrected chi connectivity index (χ0v) is 22.0.